The lowest BCUT2D eigenvalue weighted by atomic mass is 9.96. The van der Waals surface area contributed by atoms with Crippen LogP contribution in [0.15, 0.2) is 18.2 Å². The van der Waals surface area contributed by atoms with Gasteiger partial charge in [-0.25, -0.2) is 4.39 Å². The second-order valence-electron chi connectivity index (χ2n) is 6.20. The Bertz CT molecular complexity index is 535. The first-order valence-electron chi connectivity index (χ1n) is 7.53. The van der Waals surface area contributed by atoms with E-state index in [2.05, 4.69) is 10.2 Å². The van der Waals surface area contributed by atoms with Gasteiger partial charge in [-0.05, 0) is 31.7 Å². The molecule has 3 atom stereocenters. The van der Waals surface area contributed by atoms with Crippen LogP contribution in [0.25, 0.3) is 0 Å². The van der Waals surface area contributed by atoms with Gasteiger partial charge in [0.2, 0.25) is 5.91 Å². The first kappa shape index (κ1) is 14.3. The van der Waals surface area contributed by atoms with Gasteiger partial charge in [0.25, 0.3) is 0 Å². The number of nitrogens with one attached hydrogen (secondary N) is 1. The quantitative estimate of drug-likeness (QED) is 0.897. The average molecular weight is 292 g/mol. The Morgan fingerprint density at radius 1 is 1.38 bits per heavy atom. The zero-order valence-corrected chi connectivity index (χ0v) is 12.2. The van der Waals surface area contributed by atoms with Gasteiger partial charge in [0.05, 0.1) is 0 Å². The van der Waals surface area contributed by atoms with Gasteiger partial charge in [0, 0.05) is 43.2 Å². The fourth-order valence-electron chi connectivity index (χ4n) is 3.80. The molecule has 0 aliphatic carbocycles. The fourth-order valence-corrected chi connectivity index (χ4v) is 3.80. The van der Waals surface area contributed by atoms with Crippen molar-refractivity contribution in [2.75, 3.05) is 0 Å². The molecule has 21 heavy (non-hydrogen) atoms. The number of carbonyl (C=O) groups is 1. The summed E-state index contributed by atoms with van der Waals surface area (Å²) in [5.41, 5.74) is 0.627. The summed E-state index contributed by atoms with van der Waals surface area (Å²) in [6, 6.07) is 5.43. The Balaban J connectivity index is 1.69. The molecule has 4 nitrogen and oxygen atoms in total. The van der Waals surface area contributed by atoms with Crippen molar-refractivity contribution in [1.82, 2.24) is 10.2 Å². The van der Waals surface area contributed by atoms with Crippen LogP contribution in [0.1, 0.15) is 38.2 Å². The lowest BCUT2D eigenvalue weighted by Gasteiger charge is -2.39. The minimum atomic E-state index is -0.349. The highest BCUT2D eigenvalue weighted by Gasteiger charge is 2.40. The van der Waals surface area contributed by atoms with Crippen molar-refractivity contribution >= 4 is 5.91 Å². The van der Waals surface area contributed by atoms with E-state index in [1.807, 2.05) is 0 Å². The predicted octanol–water partition coefficient (Wildman–Crippen LogP) is 2.16. The summed E-state index contributed by atoms with van der Waals surface area (Å²) >= 11 is 0. The molecule has 1 aromatic carbocycles. The standard InChI is InChI=1S/C16H21FN2O2/c1-10(20)18-12-6-13-3-4-14(7-12)19(13)9-11-2-5-15(21)8-16(11)17/h2,5,8,12-14,21H,3-4,6-7,9H2,1H3,(H,18,20)/t12-,13+,14-. The summed E-state index contributed by atoms with van der Waals surface area (Å²) in [7, 11) is 0. The third kappa shape index (κ3) is 3.02. The van der Waals surface area contributed by atoms with E-state index in [0.717, 1.165) is 25.7 Å². The van der Waals surface area contributed by atoms with Crippen molar-refractivity contribution in [3.8, 4) is 5.75 Å². The maximum Gasteiger partial charge on any atom is 0.217 e. The fraction of sp³-hybridized carbons (Fsp3) is 0.562. The van der Waals surface area contributed by atoms with Crippen molar-refractivity contribution in [1.29, 1.82) is 0 Å². The Hall–Kier alpha value is -1.62. The van der Waals surface area contributed by atoms with Crippen LogP contribution in [0, 0.1) is 5.82 Å². The van der Waals surface area contributed by atoms with Gasteiger partial charge in [-0.15, -0.1) is 0 Å². The number of hydrogen-bond acceptors (Lipinski definition) is 3. The molecule has 0 aromatic heterocycles. The molecule has 0 saturated carbocycles. The zero-order valence-electron chi connectivity index (χ0n) is 12.2. The number of halogens is 1. The third-order valence-corrected chi connectivity index (χ3v) is 4.68. The maximum absolute atomic E-state index is 13.9. The third-order valence-electron chi connectivity index (χ3n) is 4.68. The topological polar surface area (TPSA) is 52.6 Å². The lowest BCUT2D eigenvalue weighted by Crippen LogP contribution is -2.49. The Kier molecular flexibility index (Phi) is 3.85. The van der Waals surface area contributed by atoms with E-state index in [1.54, 1.807) is 13.0 Å². The van der Waals surface area contributed by atoms with Crippen molar-refractivity contribution < 1.29 is 14.3 Å². The molecule has 3 rings (SSSR count). The molecule has 2 N–H and O–H groups in total. The number of nitrogens with zero attached hydrogens (tertiary/aromatic N) is 1. The lowest BCUT2D eigenvalue weighted by molar-refractivity contribution is -0.120. The Morgan fingerprint density at radius 3 is 2.62 bits per heavy atom. The van der Waals surface area contributed by atoms with E-state index in [9.17, 15) is 14.3 Å². The number of piperidine rings is 1. The van der Waals surface area contributed by atoms with Crippen LogP contribution < -0.4 is 5.32 Å². The van der Waals surface area contributed by atoms with Gasteiger partial charge in [0.1, 0.15) is 11.6 Å². The molecule has 2 aliphatic heterocycles. The number of phenols is 1. The van der Waals surface area contributed by atoms with Crippen molar-refractivity contribution in [2.24, 2.45) is 0 Å². The highest BCUT2D eigenvalue weighted by molar-refractivity contribution is 5.73. The van der Waals surface area contributed by atoms with Crippen LogP contribution in [0.3, 0.4) is 0 Å². The number of carbonyl (C=O) groups excluding carboxylic acids is 1. The number of benzene rings is 1. The number of rotatable bonds is 3. The van der Waals surface area contributed by atoms with Gasteiger partial charge >= 0.3 is 0 Å². The summed E-state index contributed by atoms with van der Waals surface area (Å²) in [5.74, 6) is -0.362. The molecule has 1 aromatic rings. The molecule has 114 valence electrons. The second-order valence-corrected chi connectivity index (χ2v) is 6.20. The summed E-state index contributed by atoms with van der Waals surface area (Å²) in [6.45, 7) is 2.13. The van der Waals surface area contributed by atoms with E-state index >= 15 is 0 Å². The van der Waals surface area contributed by atoms with Crippen molar-refractivity contribution in [3.05, 3.63) is 29.6 Å². The molecule has 1 amide bonds. The summed E-state index contributed by atoms with van der Waals surface area (Å²) in [5, 5.41) is 12.3. The number of hydrogen-bond donors (Lipinski definition) is 2. The van der Waals surface area contributed by atoms with Gasteiger partial charge in [0.15, 0.2) is 0 Å². The smallest absolute Gasteiger partial charge is 0.217 e. The zero-order chi connectivity index (χ0) is 15.0. The molecule has 0 radical (unpaired) electrons. The summed E-state index contributed by atoms with van der Waals surface area (Å²) < 4.78 is 13.9. The van der Waals surface area contributed by atoms with Crippen molar-refractivity contribution in [2.45, 2.75) is 57.3 Å². The molecule has 2 heterocycles. The van der Waals surface area contributed by atoms with Gasteiger partial charge in [-0.2, -0.15) is 0 Å². The molecule has 2 aliphatic rings. The minimum absolute atomic E-state index is 0.0254. The SMILES string of the molecule is CC(=O)N[C@H]1C[C@H]2CC[C@@H](C1)N2Cc1ccc(O)cc1F. The molecule has 2 bridgehead atoms. The second kappa shape index (κ2) is 5.64. The van der Waals surface area contributed by atoms with Crippen LogP contribution >= 0.6 is 0 Å². The molecule has 2 saturated heterocycles. The molecule has 2 fully saturated rings. The van der Waals surface area contributed by atoms with E-state index in [0.29, 0.717) is 24.2 Å². The predicted molar refractivity (Wildman–Crippen MR) is 77.3 cm³/mol. The molecular weight excluding hydrogens is 271 g/mol. The molecular formula is C16H21FN2O2. The van der Waals surface area contributed by atoms with Gasteiger partial charge in [-0.1, -0.05) is 6.07 Å². The van der Waals surface area contributed by atoms with Gasteiger partial charge in [-0.3, -0.25) is 9.69 Å². The Morgan fingerprint density at radius 2 is 2.05 bits per heavy atom. The van der Waals surface area contributed by atoms with E-state index < -0.39 is 0 Å². The maximum atomic E-state index is 13.9. The van der Waals surface area contributed by atoms with Crippen LogP contribution in [0.2, 0.25) is 0 Å². The minimum Gasteiger partial charge on any atom is -0.508 e. The highest BCUT2D eigenvalue weighted by atomic mass is 19.1. The average Bonchev–Trinajstić information content (AvgIpc) is 2.64. The first-order chi connectivity index (χ1) is 10.0. The first-order valence-corrected chi connectivity index (χ1v) is 7.53. The monoisotopic (exact) mass is 292 g/mol. The van der Waals surface area contributed by atoms with Gasteiger partial charge < -0.3 is 10.4 Å². The number of fused-ring (bicyclic) bond motifs is 2. The normalized spacial score (nSPS) is 28.6. The molecule has 0 unspecified atom stereocenters. The summed E-state index contributed by atoms with van der Waals surface area (Å²) in [6.07, 6.45) is 4.10. The van der Waals surface area contributed by atoms with E-state index in [4.69, 9.17) is 0 Å². The highest BCUT2D eigenvalue weighted by Crippen LogP contribution is 2.37. The van der Waals surface area contributed by atoms with Crippen LogP contribution in [-0.2, 0) is 11.3 Å². The Labute approximate surface area is 124 Å². The molecule has 5 heteroatoms. The number of aromatic hydroxyl groups is 1. The van der Waals surface area contributed by atoms with E-state index in [1.165, 1.54) is 12.1 Å². The molecule has 0 spiro atoms. The van der Waals surface area contributed by atoms with Crippen LogP contribution in [0.4, 0.5) is 4.39 Å². The van der Waals surface area contributed by atoms with Crippen LogP contribution in [0.5, 0.6) is 5.75 Å². The summed E-state index contributed by atoms with van der Waals surface area (Å²) in [4.78, 5) is 13.6. The van der Waals surface area contributed by atoms with Crippen LogP contribution in [-0.4, -0.2) is 34.0 Å². The number of amides is 1. The largest absolute Gasteiger partial charge is 0.508 e. The van der Waals surface area contributed by atoms with E-state index in [-0.39, 0.29) is 23.5 Å². The number of phenolic OH excluding ortho intramolecular Hbond substituents is 1. The van der Waals surface area contributed by atoms with Crippen molar-refractivity contribution in [3.63, 3.8) is 0 Å².